The van der Waals surface area contributed by atoms with Gasteiger partial charge in [0.2, 0.25) is 5.91 Å². The van der Waals surface area contributed by atoms with Crippen molar-refractivity contribution in [2.75, 3.05) is 19.6 Å². The van der Waals surface area contributed by atoms with Crippen LogP contribution in [0.3, 0.4) is 0 Å². The number of nitrogens with zero attached hydrogens (tertiary/aromatic N) is 1. The summed E-state index contributed by atoms with van der Waals surface area (Å²) in [6.45, 7) is -0.417. The molecule has 2 aliphatic heterocycles. The molecule has 3 fully saturated rings. The number of carbonyl (C=O) groups excluding carboxylic acids is 1. The quantitative estimate of drug-likeness (QED) is 0.570. The van der Waals surface area contributed by atoms with Crippen LogP contribution in [0.25, 0.3) is 0 Å². The van der Waals surface area contributed by atoms with Crippen molar-refractivity contribution >= 4 is 5.91 Å². The van der Waals surface area contributed by atoms with E-state index in [0.717, 1.165) is 62.9 Å². The van der Waals surface area contributed by atoms with Crippen LogP contribution in [0.1, 0.15) is 80.4 Å². The molecule has 2 aromatic carbocycles. The predicted molar refractivity (Wildman–Crippen MR) is 143 cm³/mol. The molecule has 2 aromatic rings. The third kappa shape index (κ3) is 4.74. The van der Waals surface area contributed by atoms with Crippen LogP contribution in [0.2, 0.25) is 0 Å². The lowest BCUT2D eigenvalue weighted by Gasteiger charge is -2.47. The number of hydrogen-bond acceptors (Lipinski definition) is 2. The molecule has 2 heterocycles. The fraction of sp³-hybridized carbons (Fsp3) is 0.594. The molecular formula is C32H41F2N2O2+. The van der Waals surface area contributed by atoms with Gasteiger partial charge < -0.3 is 15.0 Å². The number of likely N-dealkylation sites (tertiary alicyclic amines) is 1. The maximum absolute atomic E-state index is 14.6. The second kappa shape index (κ2) is 11.0. The van der Waals surface area contributed by atoms with Crippen molar-refractivity contribution in [3.8, 4) is 5.75 Å². The van der Waals surface area contributed by atoms with Crippen molar-refractivity contribution in [2.45, 2.75) is 88.2 Å². The van der Waals surface area contributed by atoms with Gasteiger partial charge in [0.1, 0.15) is 11.7 Å². The van der Waals surface area contributed by atoms with Gasteiger partial charge in [-0.3, -0.25) is 4.79 Å². The molecule has 2 aliphatic carbocycles. The topological polar surface area (TPSA) is 46.1 Å². The number of amides is 1. The van der Waals surface area contributed by atoms with Crippen LogP contribution >= 0.6 is 0 Å². The van der Waals surface area contributed by atoms with Crippen LogP contribution in [0.4, 0.5) is 8.78 Å². The van der Waals surface area contributed by atoms with Gasteiger partial charge in [0.05, 0.1) is 18.5 Å². The number of fused-ring (bicyclic) bond motifs is 2. The summed E-state index contributed by atoms with van der Waals surface area (Å²) in [7, 11) is 0. The molecule has 0 bridgehead atoms. The Morgan fingerprint density at radius 3 is 2.61 bits per heavy atom. The van der Waals surface area contributed by atoms with Crippen LogP contribution in [0.15, 0.2) is 48.5 Å². The summed E-state index contributed by atoms with van der Waals surface area (Å²) < 4.78 is 31.3. The number of hydrogen-bond donors (Lipinski definition) is 1. The van der Waals surface area contributed by atoms with Crippen LogP contribution in [0.5, 0.6) is 5.75 Å². The van der Waals surface area contributed by atoms with E-state index in [1.165, 1.54) is 37.7 Å². The third-order valence-electron chi connectivity index (χ3n) is 10.2. The van der Waals surface area contributed by atoms with Gasteiger partial charge in [-0.05, 0) is 79.5 Å². The Morgan fingerprint density at radius 2 is 1.82 bits per heavy atom. The molecule has 0 aromatic heterocycles. The highest BCUT2D eigenvalue weighted by Crippen LogP contribution is 2.48. The summed E-state index contributed by atoms with van der Waals surface area (Å²) >= 11 is 0. The average molecular weight is 524 g/mol. The number of piperidine rings is 1. The highest BCUT2D eigenvalue weighted by atomic mass is 19.3. The fourth-order valence-electron chi connectivity index (χ4n) is 8.46. The highest BCUT2D eigenvalue weighted by molar-refractivity contribution is 5.82. The zero-order valence-electron chi connectivity index (χ0n) is 22.3. The lowest BCUT2D eigenvalue weighted by Crippen LogP contribution is -2.82. The highest BCUT2D eigenvalue weighted by Gasteiger charge is 2.55. The van der Waals surface area contributed by atoms with Gasteiger partial charge in [-0.25, -0.2) is 0 Å². The third-order valence-corrected chi connectivity index (χ3v) is 10.2. The fourth-order valence-corrected chi connectivity index (χ4v) is 8.46. The van der Waals surface area contributed by atoms with Crippen molar-refractivity contribution in [2.24, 2.45) is 11.8 Å². The number of quaternary nitrogens is 1. The molecule has 1 amide bonds. The number of nitrogens with two attached hydrogens (primary N) is 1. The van der Waals surface area contributed by atoms with Crippen LogP contribution in [0, 0.1) is 11.8 Å². The zero-order valence-corrected chi connectivity index (χ0v) is 22.3. The molecule has 6 heteroatoms. The first-order chi connectivity index (χ1) is 18.6. The Hall–Kier alpha value is -2.47. The first-order valence-electron chi connectivity index (χ1n) is 14.8. The van der Waals surface area contributed by atoms with Gasteiger partial charge in [-0.1, -0.05) is 61.7 Å². The van der Waals surface area contributed by atoms with E-state index in [1.807, 2.05) is 6.07 Å². The monoisotopic (exact) mass is 523 g/mol. The molecule has 6 rings (SSSR count). The first-order valence-corrected chi connectivity index (χ1v) is 14.8. The lowest BCUT2D eigenvalue weighted by molar-refractivity contribution is -0.640. The molecule has 4 aliphatic rings. The van der Waals surface area contributed by atoms with E-state index in [9.17, 15) is 13.6 Å². The van der Waals surface area contributed by atoms with Crippen molar-refractivity contribution in [3.05, 3.63) is 65.2 Å². The maximum Gasteiger partial charge on any atom is 0.387 e. The Balaban J connectivity index is 1.31. The minimum absolute atomic E-state index is 0.122. The SMILES string of the molecule is O=C([C@@H]1C[NH2+]C[C@]12CCCc1c(OC(F)F)cccc12)N1CC[C@@H](c2ccccc2)C[C@H]1C1CCCCC1. The van der Waals surface area contributed by atoms with Crippen LogP contribution in [-0.4, -0.2) is 43.1 Å². The Bertz CT molecular complexity index is 1120. The number of halogens is 2. The lowest BCUT2D eigenvalue weighted by atomic mass is 9.63. The summed E-state index contributed by atoms with van der Waals surface area (Å²) in [6.07, 6.45) is 10.9. The second-order valence-corrected chi connectivity index (χ2v) is 12.1. The van der Waals surface area contributed by atoms with E-state index in [0.29, 0.717) is 23.5 Å². The molecule has 4 atom stereocenters. The van der Waals surface area contributed by atoms with E-state index in [4.69, 9.17) is 4.74 Å². The number of alkyl halides is 2. The minimum atomic E-state index is -2.84. The van der Waals surface area contributed by atoms with Gasteiger partial charge in [-0.2, -0.15) is 8.78 Å². The van der Waals surface area contributed by atoms with Crippen LogP contribution < -0.4 is 10.1 Å². The molecule has 4 nitrogen and oxygen atoms in total. The van der Waals surface area contributed by atoms with E-state index in [1.54, 1.807) is 6.07 Å². The van der Waals surface area contributed by atoms with Gasteiger partial charge in [-0.15, -0.1) is 0 Å². The van der Waals surface area contributed by atoms with E-state index in [2.05, 4.69) is 46.6 Å². The van der Waals surface area contributed by atoms with Crippen molar-refractivity contribution in [3.63, 3.8) is 0 Å². The van der Waals surface area contributed by atoms with Gasteiger partial charge >= 0.3 is 6.61 Å². The molecule has 1 spiro atoms. The summed E-state index contributed by atoms with van der Waals surface area (Å²) in [5, 5.41) is 2.28. The standard InChI is InChI=1S/C32H40F2N2O2/c33-31(34)38-29-15-7-14-26-25(29)13-8-17-32(26)21-35-20-27(32)30(37)36-18-16-24(22-9-3-1-4-10-22)19-28(36)23-11-5-2-6-12-23/h1,3-4,7,9-10,14-15,23-24,27-28,31,35H,2,5-6,8,11-13,16-21H2/p+1/t24-,27+,28+,32+/m1/s1. The molecule has 0 radical (unpaired) electrons. The Morgan fingerprint density at radius 1 is 1.00 bits per heavy atom. The van der Waals surface area contributed by atoms with Gasteiger partial charge in [0.15, 0.2) is 0 Å². The largest absolute Gasteiger partial charge is 0.435 e. The maximum atomic E-state index is 14.6. The van der Waals surface area contributed by atoms with Crippen molar-refractivity contribution in [1.29, 1.82) is 0 Å². The molecule has 204 valence electrons. The summed E-state index contributed by atoms with van der Waals surface area (Å²) in [5.41, 5.74) is 3.06. The zero-order chi connectivity index (χ0) is 26.1. The molecule has 1 saturated carbocycles. The number of ether oxygens (including phenoxy) is 1. The average Bonchev–Trinajstić information content (AvgIpc) is 3.37. The molecule has 0 unspecified atom stereocenters. The first kappa shape index (κ1) is 25.8. The summed E-state index contributed by atoms with van der Waals surface area (Å²) in [6, 6.07) is 16.7. The second-order valence-electron chi connectivity index (χ2n) is 12.1. The normalized spacial score (nSPS) is 30.0. The van der Waals surface area contributed by atoms with E-state index in [-0.39, 0.29) is 17.4 Å². The van der Waals surface area contributed by atoms with Gasteiger partial charge in [0, 0.05) is 12.6 Å². The van der Waals surface area contributed by atoms with Crippen molar-refractivity contribution in [1.82, 2.24) is 4.90 Å². The minimum Gasteiger partial charge on any atom is -0.435 e. The molecular weight excluding hydrogens is 482 g/mol. The molecule has 2 saturated heterocycles. The number of rotatable bonds is 5. The number of benzene rings is 2. The molecule has 38 heavy (non-hydrogen) atoms. The predicted octanol–water partition coefficient (Wildman–Crippen LogP) is 5.41. The van der Waals surface area contributed by atoms with Gasteiger partial charge in [0.25, 0.3) is 0 Å². The number of carbonyl (C=O) groups is 1. The molecule has 2 N–H and O–H groups in total. The summed E-state index contributed by atoms with van der Waals surface area (Å²) in [4.78, 5) is 16.9. The van der Waals surface area contributed by atoms with Crippen LogP contribution in [-0.2, 0) is 16.6 Å². The Labute approximate surface area is 225 Å². The smallest absolute Gasteiger partial charge is 0.387 e. The summed E-state index contributed by atoms with van der Waals surface area (Å²) in [5.74, 6) is 1.54. The van der Waals surface area contributed by atoms with E-state index >= 15 is 0 Å². The Kier molecular flexibility index (Phi) is 7.43. The van der Waals surface area contributed by atoms with Crippen molar-refractivity contribution < 1.29 is 23.6 Å². The van der Waals surface area contributed by atoms with E-state index < -0.39 is 6.61 Å².